The zero-order valence-corrected chi connectivity index (χ0v) is 13.9. The van der Waals surface area contributed by atoms with Crippen LogP contribution in [0.4, 0.5) is 0 Å². The summed E-state index contributed by atoms with van der Waals surface area (Å²) in [6, 6.07) is 9.80. The van der Waals surface area contributed by atoms with E-state index in [-0.39, 0.29) is 5.91 Å². The van der Waals surface area contributed by atoms with Gasteiger partial charge in [0.1, 0.15) is 5.82 Å². The van der Waals surface area contributed by atoms with Gasteiger partial charge in [-0.15, -0.1) is 0 Å². The molecule has 4 rings (SSSR count). The van der Waals surface area contributed by atoms with Crippen LogP contribution in [0.1, 0.15) is 34.2 Å². The molecule has 1 unspecified atom stereocenters. The van der Waals surface area contributed by atoms with Crippen molar-refractivity contribution >= 4 is 16.8 Å². The van der Waals surface area contributed by atoms with Crippen molar-refractivity contribution in [3.05, 3.63) is 59.8 Å². The van der Waals surface area contributed by atoms with Gasteiger partial charge < -0.3 is 9.47 Å². The van der Waals surface area contributed by atoms with Gasteiger partial charge in [0, 0.05) is 43.8 Å². The highest BCUT2D eigenvalue weighted by Crippen LogP contribution is 2.27. The highest BCUT2D eigenvalue weighted by molar-refractivity contribution is 5.97. The third-order valence-electron chi connectivity index (χ3n) is 4.71. The lowest BCUT2D eigenvalue weighted by atomic mass is 10.1. The standard InChI is InChI=1S/C19H20N4O/c1-13-11-22(2)18(21-13)15-7-8-23(12-15)19(24)16-9-14-5-3-4-6-17(14)20-10-16/h3-6,9-11,15H,7-8,12H2,1-2H3. The lowest BCUT2D eigenvalue weighted by Gasteiger charge is -2.16. The predicted octanol–water partition coefficient (Wildman–Crippen LogP) is 2.91. The molecule has 1 saturated heterocycles. The zero-order valence-electron chi connectivity index (χ0n) is 13.9. The summed E-state index contributed by atoms with van der Waals surface area (Å²) in [5.74, 6) is 1.43. The smallest absolute Gasteiger partial charge is 0.255 e. The minimum Gasteiger partial charge on any atom is -0.338 e. The molecule has 122 valence electrons. The van der Waals surface area contributed by atoms with E-state index in [1.54, 1.807) is 6.20 Å². The molecule has 0 saturated carbocycles. The predicted molar refractivity (Wildman–Crippen MR) is 92.9 cm³/mol. The quantitative estimate of drug-likeness (QED) is 0.729. The van der Waals surface area contributed by atoms with Crippen molar-refractivity contribution < 1.29 is 4.79 Å². The summed E-state index contributed by atoms with van der Waals surface area (Å²) >= 11 is 0. The molecule has 2 aromatic heterocycles. The average Bonchev–Trinajstić information content (AvgIpc) is 3.20. The molecule has 5 nitrogen and oxygen atoms in total. The number of carbonyl (C=O) groups is 1. The Morgan fingerprint density at radius 2 is 2.12 bits per heavy atom. The third kappa shape index (κ3) is 2.56. The number of carbonyl (C=O) groups excluding carboxylic acids is 1. The number of amides is 1. The van der Waals surface area contributed by atoms with Crippen LogP contribution in [-0.4, -0.2) is 38.4 Å². The number of hydrogen-bond acceptors (Lipinski definition) is 3. The Hall–Kier alpha value is -2.69. The van der Waals surface area contributed by atoms with E-state index in [4.69, 9.17) is 0 Å². The maximum absolute atomic E-state index is 12.8. The first-order valence-corrected chi connectivity index (χ1v) is 8.26. The molecule has 1 fully saturated rings. The van der Waals surface area contributed by atoms with E-state index in [0.717, 1.165) is 41.9 Å². The molecule has 1 aromatic carbocycles. The average molecular weight is 320 g/mol. The fourth-order valence-electron chi connectivity index (χ4n) is 3.54. The van der Waals surface area contributed by atoms with Crippen molar-refractivity contribution in [2.45, 2.75) is 19.3 Å². The van der Waals surface area contributed by atoms with Gasteiger partial charge in [-0.05, 0) is 25.5 Å². The molecule has 0 bridgehead atoms. The summed E-state index contributed by atoms with van der Waals surface area (Å²) in [5, 5.41) is 0.999. The van der Waals surface area contributed by atoms with Crippen molar-refractivity contribution in [1.82, 2.24) is 19.4 Å². The first-order chi connectivity index (χ1) is 11.6. The number of likely N-dealkylation sites (tertiary alicyclic amines) is 1. The number of fused-ring (bicyclic) bond motifs is 1. The summed E-state index contributed by atoms with van der Waals surface area (Å²) in [7, 11) is 2.02. The van der Waals surface area contributed by atoms with Crippen molar-refractivity contribution in [3.8, 4) is 0 Å². The SMILES string of the molecule is Cc1cn(C)c(C2CCN(C(=O)c3cnc4ccccc4c3)C2)n1. The van der Waals surface area contributed by atoms with E-state index in [2.05, 4.69) is 14.5 Å². The van der Waals surface area contributed by atoms with E-state index in [0.29, 0.717) is 11.5 Å². The number of para-hydroxylation sites is 1. The monoisotopic (exact) mass is 320 g/mol. The maximum Gasteiger partial charge on any atom is 0.255 e. The van der Waals surface area contributed by atoms with Gasteiger partial charge >= 0.3 is 0 Å². The van der Waals surface area contributed by atoms with E-state index in [9.17, 15) is 4.79 Å². The molecule has 3 heterocycles. The summed E-state index contributed by atoms with van der Waals surface area (Å²) in [6.45, 7) is 3.49. The Bertz CT molecular complexity index is 915. The van der Waals surface area contributed by atoms with Gasteiger partial charge in [0.05, 0.1) is 16.8 Å². The van der Waals surface area contributed by atoms with Crippen LogP contribution in [0.25, 0.3) is 10.9 Å². The minimum absolute atomic E-state index is 0.0571. The molecule has 24 heavy (non-hydrogen) atoms. The summed E-state index contributed by atoms with van der Waals surface area (Å²) in [5.41, 5.74) is 2.60. The van der Waals surface area contributed by atoms with Crippen LogP contribution in [0.3, 0.4) is 0 Å². The zero-order chi connectivity index (χ0) is 16.7. The van der Waals surface area contributed by atoms with Crippen LogP contribution in [0.2, 0.25) is 0 Å². The molecule has 0 N–H and O–H groups in total. The third-order valence-corrected chi connectivity index (χ3v) is 4.71. The van der Waals surface area contributed by atoms with Gasteiger partial charge in [-0.1, -0.05) is 18.2 Å². The number of benzene rings is 1. The van der Waals surface area contributed by atoms with Crippen LogP contribution < -0.4 is 0 Å². The largest absolute Gasteiger partial charge is 0.338 e. The molecule has 5 heteroatoms. The van der Waals surface area contributed by atoms with Crippen molar-refractivity contribution in [2.75, 3.05) is 13.1 Å². The molecular weight excluding hydrogens is 300 g/mol. The van der Waals surface area contributed by atoms with E-state index >= 15 is 0 Å². The highest BCUT2D eigenvalue weighted by Gasteiger charge is 2.30. The lowest BCUT2D eigenvalue weighted by molar-refractivity contribution is 0.0790. The van der Waals surface area contributed by atoms with Crippen LogP contribution in [0.15, 0.2) is 42.7 Å². The number of hydrogen-bond donors (Lipinski definition) is 0. The number of aromatic nitrogens is 3. The Balaban J connectivity index is 1.55. The first-order valence-electron chi connectivity index (χ1n) is 8.26. The highest BCUT2D eigenvalue weighted by atomic mass is 16.2. The summed E-state index contributed by atoms with van der Waals surface area (Å²) in [6.07, 6.45) is 4.67. The topological polar surface area (TPSA) is 51.0 Å². The fourth-order valence-corrected chi connectivity index (χ4v) is 3.54. The normalized spacial score (nSPS) is 17.6. The second kappa shape index (κ2) is 5.74. The van der Waals surface area contributed by atoms with E-state index < -0.39 is 0 Å². The number of aryl methyl sites for hydroxylation is 2. The van der Waals surface area contributed by atoms with Crippen LogP contribution >= 0.6 is 0 Å². The number of rotatable bonds is 2. The Morgan fingerprint density at radius 3 is 2.92 bits per heavy atom. The molecule has 1 aliphatic rings. The van der Waals surface area contributed by atoms with Gasteiger partial charge in [0.25, 0.3) is 5.91 Å². The molecule has 1 amide bonds. The number of pyridine rings is 1. The molecule has 0 aliphatic carbocycles. The van der Waals surface area contributed by atoms with Crippen LogP contribution in [0.5, 0.6) is 0 Å². The Labute approximate surface area is 140 Å². The van der Waals surface area contributed by atoms with Gasteiger partial charge in [-0.2, -0.15) is 0 Å². The van der Waals surface area contributed by atoms with Gasteiger partial charge in [0.15, 0.2) is 0 Å². The maximum atomic E-state index is 12.8. The molecule has 0 spiro atoms. The fraction of sp³-hybridized carbons (Fsp3) is 0.316. The first kappa shape index (κ1) is 14.9. The number of nitrogens with zero attached hydrogens (tertiary/aromatic N) is 4. The Kier molecular flexibility index (Phi) is 3.56. The molecule has 1 atom stereocenters. The van der Waals surface area contributed by atoms with E-state index in [1.165, 1.54) is 0 Å². The minimum atomic E-state index is 0.0571. The van der Waals surface area contributed by atoms with Gasteiger partial charge in [-0.25, -0.2) is 4.98 Å². The van der Waals surface area contributed by atoms with Gasteiger partial charge in [0.2, 0.25) is 0 Å². The van der Waals surface area contributed by atoms with Crippen molar-refractivity contribution in [1.29, 1.82) is 0 Å². The van der Waals surface area contributed by atoms with Gasteiger partial charge in [-0.3, -0.25) is 9.78 Å². The van der Waals surface area contributed by atoms with Crippen LogP contribution in [-0.2, 0) is 7.05 Å². The molecular formula is C19H20N4O. The molecule has 0 radical (unpaired) electrons. The molecule has 1 aliphatic heterocycles. The van der Waals surface area contributed by atoms with E-state index in [1.807, 2.05) is 55.4 Å². The lowest BCUT2D eigenvalue weighted by Crippen LogP contribution is -2.28. The Morgan fingerprint density at radius 1 is 1.29 bits per heavy atom. The summed E-state index contributed by atoms with van der Waals surface area (Å²) < 4.78 is 2.07. The van der Waals surface area contributed by atoms with Crippen molar-refractivity contribution in [3.63, 3.8) is 0 Å². The second-order valence-electron chi connectivity index (χ2n) is 6.50. The molecule has 3 aromatic rings. The second-order valence-corrected chi connectivity index (χ2v) is 6.50. The summed E-state index contributed by atoms with van der Waals surface area (Å²) in [4.78, 5) is 23.8. The van der Waals surface area contributed by atoms with Crippen molar-refractivity contribution in [2.24, 2.45) is 7.05 Å². The number of imidazole rings is 1. The van der Waals surface area contributed by atoms with Crippen LogP contribution in [0, 0.1) is 6.92 Å².